The zero-order valence-corrected chi connectivity index (χ0v) is 9.71. The molecule has 0 unspecified atom stereocenters. The van der Waals surface area contributed by atoms with Gasteiger partial charge in [-0.3, -0.25) is 4.79 Å². The Bertz CT molecular complexity index is 350. The molecule has 0 saturated heterocycles. The number of halogens is 1. The highest BCUT2D eigenvalue weighted by Crippen LogP contribution is 2.22. The average Bonchev–Trinajstić information content (AvgIpc) is 2.09. The molecule has 76 valence electrons. The zero-order valence-electron chi connectivity index (χ0n) is 8.12. The number of phenols is 1. The Hall–Kier alpha value is -1.03. The number of amides is 1. The molecule has 0 spiro atoms. The number of benzene rings is 1. The van der Waals surface area contributed by atoms with Gasteiger partial charge in [0.1, 0.15) is 5.75 Å². The fourth-order valence-electron chi connectivity index (χ4n) is 1.01. The van der Waals surface area contributed by atoms with E-state index < -0.39 is 0 Å². The number of nitrogens with zero attached hydrogens (tertiary/aromatic N) is 1. The third-order valence-corrected chi connectivity index (χ3v) is 2.38. The predicted octanol–water partition coefficient (Wildman–Crippen LogP) is 1.79. The van der Waals surface area contributed by atoms with Gasteiger partial charge >= 0.3 is 0 Å². The third-order valence-electron chi connectivity index (χ3n) is 1.89. The first-order valence-corrected chi connectivity index (χ1v) is 4.97. The van der Waals surface area contributed by atoms with Crippen LogP contribution in [0, 0.1) is 0 Å². The topological polar surface area (TPSA) is 40.5 Å². The first kappa shape index (κ1) is 11.0. The number of phenolic OH excluding ortho intramolecular Hbond substituents is 1. The maximum absolute atomic E-state index is 11.4. The van der Waals surface area contributed by atoms with E-state index in [4.69, 9.17) is 0 Å². The number of hydrogen-bond acceptors (Lipinski definition) is 2. The van der Waals surface area contributed by atoms with Crippen molar-refractivity contribution < 1.29 is 9.90 Å². The van der Waals surface area contributed by atoms with E-state index in [1.165, 1.54) is 4.90 Å². The monoisotopic (exact) mass is 257 g/mol. The van der Waals surface area contributed by atoms with Crippen molar-refractivity contribution in [1.29, 1.82) is 0 Å². The molecule has 0 aromatic heterocycles. The van der Waals surface area contributed by atoms with Gasteiger partial charge in [0.2, 0.25) is 5.91 Å². The zero-order chi connectivity index (χ0) is 10.7. The van der Waals surface area contributed by atoms with E-state index >= 15 is 0 Å². The van der Waals surface area contributed by atoms with E-state index in [-0.39, 0.29) is 18.1 Å². The van der Waals surface area contributed by atoms with Gasteiger partial charge in [0.25, 0.3) is 0 Å². The van der Waals surface area contributed by atoms with E-state index in [2.05, 4.69) is 15.9 Å². The first-order chi connectivity index (χ1) is 6.50. The second kappa shape index (κ2) is 4.46. The predicted molar refractivity (Wildman–Crippen MR) is 58.2 cm³/mol. The molecule has 14 heavy (non-hydrogen) atoms. The van der Waals surface area contributed by atoms with E-state index in [1.54, 1.807) is 32.3 Å². The van der Waals surface area contributed by atoms with Crippen molar-refractivity contribution in [2.45, 2.75) is 6.42 Å². The van der Waals surface area contributed by atoms with Crippen molar-refractivity contribution in [3.8, 4) is 5.75 Å². The number of carbonyl (C=O) groups is 1. The Morgan fingerprint density at radius 1 is 1.50 bits per heavy atom. The molecule has 1 aromatic carbocycles. The molecule has 3 nitrogen and oxygen atoms in total. The summed E-state index contributed by atoms with van der Waals surface area (Å²) in [5.41, 5.74) is 0.645. The highest BCUT2D eigenvalue weighted by Gasteiger charge is 2.09. The van der Waals surface area contributed by atoms with Crippen molar-refractivity contribution in [3.63, 3.8) is 0 Å². The highest BCUT2D eigenvalue weighted by atomic mass is 79.9. The fraction of sp³-hybridized carbons (Fsp3) is 0.300. The Kier molecular flexibility index (Phi) is 3.52. The van der Waals surface area contributed by atoms with Crippen LogP contribution in [0.25, 0.3) is 0 Å². The molecule has 1 aromatic rings. The Morgan fingerprint density at radius 3 is 2.64 bits per heavy atom. The lowest BCUT2D eigenvalue weighted by molar-refractivity contribution is -0.127. The molecule has 0 saturated carbocycles. The second-order valence-corrected chi connectivity index (χ2v) is 4.15. The number of carbonyl (C=O) groups excluding carboxylic acids is 1. The van der Waals surface area contributed by atoms with Crippen LogP contribution in [0.4, 0.5) is 0 Å². The summed E-state index contributed by atoms with van der Waals surface area (Å²) in [5.74, 6) is 0.122. The van der Waals surface area contributed by atoms with Crippen LogP contribution >= 0.6 is 15.9 Å². The Labute approximate surface area is 91.5 Å². The summed E-state index contributed by atoms with van der Waals surface area (Å²) in [6.07, 6.45) is 0.228. The molecule has 4 heteroatoms. The van der Waals surface area contributed by atoms with Crippen LogP contribution in [0.5, 0.6) is 5.75 Å². The fourth-order valence-corrected chi connectivity index (χ4v) is 1.36. The van der Waals surface area contributed by atoms with Crippen molar-refractivity contribution in [3.05, 3.63) is 28.2 Å². The van der Waals surface area contributed by atoms with E-state index in [0.29, 0.717) is 5.56 Å². The normalized spacial score (nSPS) is 9.93. The third kappa shape index (κ3) is 2.73. The van der Waals surface area contributed by atoms with Crippen LogP contribution in [0.2, 0.25) is 0 Å². The lowest BCUT2D eigenvalue weighted by atomic mass is 10.1. The van der Waals surface area contributed by atoms with Crippen LogP contribution < -0.4 is 0 Å². The molecule has 0 heterocycles. The number of aromatic hydroxyl groups is 1. The van der Waals surface area contributed by atoms with Crippen LogP contribution in [-0.2, 0) is 11.2 Å². The average molecular weight is 258 g/mol. The molecule has 0 aliphatic rings. The lowest BCUT2D eigenvalue weighted by Gasteiger charge is -2.10. The molecule has 0 aliphatic carbocycles. The second-order valence-electron chi connectivity index (χ2n) is 3.24. The first-order valence-electron chi connectivity index (χ1n) is 4.18. The van der Waals surface area contributed by atoms with Gasteiger partial charge in [-0.2, -0.15) is 0 Å². The summed E-state index contributed by atoms with van der Waals surface area (Å²) >= 11 is 3.24. The van der Waals surface area contributed by atoms with Gasteiger partial charge < -0.3 is 10.0 Å². The number of hydrogen-bond donors (Lipinski definition) is 1. The minimum Gasteiger partial charge on any atom is -0.508 e. The standard InChI is InChI=1S/C10H12BrNO2/c1-12(2)10(14)5-7-3-4-8(11)6-9(7)13/h3-4,6,13H,5H2,1-2H3. The van der Waals surface area contributed by atoms with E-state index in [1.807, 2.05) is 0 Å². The summed E-state index contributed by atoms with van der Waals surface area (Å²) in [6.45, 7) is 0. The minimum absolute atomic E-state index is 0.0253. The highest BCUT2D eigenvalue weighted by molar-refractivity contribution is 9.10. The van der Waals surface area contributed by atoms with Gasteiger partial charge in [-0.15, -0.1) is 0 Å². The lowest BCUT2D eigenvalue weighted by Crippen LogP contribution is -2.23. The molecular weight excluding hydrogens is 246 g/mol. The summed E-state index contributed by atoms with van der Waals surface area (Å²) in [5, 5.41) is 9.52. The number of rotatable bonds is 2. The SMILES string of the molecule is CN(C)C(=O)Cc1ccc(Br)cc1O. The minimum atomic E-state index is -0.0253. The molecular formula is C10H12BrNO2. The largest absolute Gasteiger partial charge is 0.508 e. The maximum Gasteiger partial charge on any atom is 0.226 e. The van der Waals surface area contributed by atoms with E-state index in [9.17, 15) is 9.90 Å². The van der Waals surface area contributed by atoms with Gasteiger partial charge in [0, 0.05) is 24.1 Å². The smallest absolute Gasteiger partial charge is 0.226 e. The Balaban J connectivity index is 2.82. The van der Waals surface area contributed by atoms with Gasteiger partial charge in [0.05, 0.1) is 6.42 Å². The maximum atomic E-state index is 11.4. The quantitative estimate of drug-likeness (QED) is 0.878. The van der Waals surface area contributed by atoms with Crippen molar-refractivity contribution in [2.75, 3.05) is 14.1 Å². The van der Waals surface area contributed by atoms with Crippen molar-refractivity contribution >= 4 is 21.8 Å². The van der Waals surface area contributed by atoms with Gasteiger partial charge in [-0.25, -0.2) is 0 Å². The molecule has 0 aliphatic heterocycles. The molecule has 0 bridgehead atoms. The van der Waals surface area contributed by atoms with Gasteiger partial charge in [-0.05, 0) is 12.1 Å². The summed E-state index contributed by atoms with van der Waals surface area (Å²) in [4.78, 5) is 12.9. The summed E-state index contributed by atoms with van der Waals surface area (Å²) in [6, 6.07) is 5.12. The molecule has 1 rings (SSSR count). The van der Waals surface area contributed by atoms with Gasteiger partial charge in [-0.1, -0.05) is 22.0 Å². The number of likely N-dealkylation sites (N-methyl/N-ethyl adjacent to an activating group) is 1. The van der Waals surface area contributed by atoms with Crippen molar-refractivity contribution in [1.82, 2.24) is 4.90 Å². The molecule has 0 fully saturated rings. The van der Waals surface area contributed by atoms with Crippen molar-refractivity contribution in [2.24, 2.45) is 0 Å². The van der Waals surface area contributed by atoms with Crippen LogP contribution in [0.15, 0.2) is 22.7 Å². The Morgan fingerprint density at radius 2 is 2.14 bits per heavy atom. The molecule has 0 radical (unpaired) electrons. The summed E-state index contributed by atoms with van der Waals surface area (Å²) < 4.78 is 0.802. The molecule has 1 amide bonds. The van der Waals surface area contributed by atoms with Crippen LogP contribution in [0.1, 0.15) is 5.56 Å². The molecule has 0 atom stereocenters. The van der Waals surface area contributed by atoms with E-state index in [0.717, 1.165) is 4.47 Å². The van der Waals surface area contributed by atoms with Gasteiger partial charge in [0.15, 0.2) is 0 Å². The molecule has 1 N–H and O–H groups in total. The summed E-state index contributed by atoms with van der Waals surface area (Å²) in [7, 11) is 3.39. The van der Waals surface area contributed by atoms with Crippen LogP contribution in [0.3, 0.4) is 0 Å². The van der Waals surface area contributed by atoms with Crippen LogP contribution in [-0.4, -0.2) is 30.0 Å².